The number of carbonyl (C=O) groups is 2. The van der Waals surface area contributed by atoms with Crippen molar-refractivity contribution in [2.24, 2.45) is 0 Å². The first-order valence-corrected chi connectivity index (χ1v) is 10.4. The molecule has 0 radical (unpaired) electrons. The Morgan fingerprint density at radius 3 is 2.29 bits per heavy atom. The molecule has 0 saturated heterocycles. The molecule has 0 saturated carbocycles. The molecule has 0 fully saturated rings. The Morgan fingerprint density at radius 2 is 1.62 bits per heavy atom. The molecule has 1 unspecified atom stereocenters. The van der Waals surface area contributed by atoms with E-state index in [0.29, 0.717) is 45.3 Å². The molecular formula is C26H20O8. The highest BCUT2D eigenvalue weighted by atomic mass is 16.5. The summed E-state index contributed by atoms with van der Waals surface area (Å²) in [5, 5.41) is 20.3. The minimum atomic E-state index is -0.500. The lowest BCUT2D eigenvalue weighted by molar-refractivity contribution is -0.135. The summed E-state index contributed by atoms with van der Waals surface area (Å²) in [6, 6.07) is 12.8. The van der Waals surface area contributed by atoms with Gasteiger partial charge in [0.2, 0.25) is 5.78 Å². The number of phenolic OH excluding ortho intramolecular Hbond substituents is 2. The van der Waals surface area contributed by atoms with Crippen LogP contribution in [0.2, 0.25) is 0 Å². The molecule has 5 rings (SSSR count). The monoisotopic (exact) mass is 460 g/mol. The Hall–Kier alpha value is -4.46. The molecule has 3 aromatic carbocycles. The Balaban J connectivity index is 1.58. The van der Waals surface area contributed by atoms with Gasteiger partial charge in [0.25, 0.3) is 0 Å². The van der Waals surface area contributed by atoms with Gasteiger partial charge in [-0.25, -0.2) is 0 Å². The van der Waals surface area contributed by atoms with Crippen LogP contribution in [0.3, 0.4) is 0 Å². The largest absolute Gasteiger partial charge is 0.504 e. The van der Waals surface area contributed by atoms with Crippen LogP contribution in [0.5, 0.6) is 34.5 Å². The predicted molar refractivity (Wildman–Crippen MR) is 121 cm³/mol. The molecule has 0 aromatic heterocycles. The van der Waals surface area contributed by atoms with Gasteiger partial charge >= 0.3 is 5.97 Å². The molecule has 2 heterocycles. The number of allylic oxidation sites excluding steroid dienone is 1. The number of ketones is 1. The molecule has 0 spiro atoms. The van der Waals surface area contributed by atoms with Crippen LogP contribution in [0.1, 0.15) is 39.4 Å². The molecule has 2 N–H and O–H groups in total. The topological polar surface area (TPSA) is 112 Å². The van der Waals surface area contributed by atoms with Gasteiger partial charge in [0, 0.05) is 11.5 Å². The van der Waals surface area contributed by atoms with Crippen molar-refractivity contribution < 1.29 is 38.7 Å². The minimum Gasteiger partial charge on any atom is -0.504 e. The highest BCUT2D eigenvalue weighted by Crippen LogP contribution is 2.49. The molecule has 8 nitrogen and oxygen atoms in total. The zero-order valence-electron chi connectivity index (χ0n) is 18.3. The summed E-state index contributed by atoms with van der Waals surface area (Å²) in [5.41, 5.74) is 2.09. The lowest BCUT2D eigenvalue weighted by Crippen LogP contribution is -2.21. The molecule has 0 bridgehead atoms. The van der Waals surface area contributed by atoms with E-state index in [1.165, 1.54) is 32.4 Å². The van der Waals surface area contributed by atoms with E-state index in [2.05, 4.69) is 0 Å². The van der Waals surface area contributed by atoms with Crippen molar-refractivity contribution in [3.05, 3.63) is 76.5 Å². The Labute approximate surface area is 194 Å². The third-order valence-electron chi connectivity index (χ3n) is 5.89. The minimum absolute atomic E-state index is 0.0121. The maximum absolute atomic E-state index is 13.1. The van der Waals surface area contributed by atoms with Crippen LogP contribution in [0.4, 0.5) is 0 Å². The third kappa shape index (κ3) is 3.49. The fourth-order valence-corrected chi connectivity index (χ4v) is 4.26. The second-order valence-corrected chi connectivity index (χ2v) is 7.89. The van der Waals surface area contributed by atoms with Crippen molar-refractivity contribution in [1.29, 1.82) is 0 Å². The van der Waals surface area contributed by atoms with Gasteiger partial charge in [0.05, 0.1) is 26.2 Å². The quantitative estimate of drug-likeness (QED) is 0.339. The molecule has 1 atom stereocenters. The summed E-state index contributed by atoms with van der Waals surface area (Å²) < 4.78 is 21.6. The van der Waals surface area contributed by atoms with E-state index in [0.717, 1.165) is 0 Å². The molecule has 172 valence electrons. The summed E-state index contributed by atoms with van der Waals surface area (Å²) in [5.74, 6) is -0.103. The molecule has 2 aliphatic rings. The highest BCUT2D eigenvalue weighted by Gasteiger charge is 2.38. The highest BCUT2D eigenvalue weighted by molar-refractivity contribution is 6.15. The zero-order chi connectivity index (χ0) is 24.0. The number of carbonyl (C=O) groups excluding carboxylic acids is 2. The molecule has 0 amide bonds. The van der Waals surface area contributed by atoms with Gasteiger partial charge in [-0.15, -0.1) is 0 Å². The van der Waals surface area contributed by atoms with Gasteiger partial charge in [-0.05, 0) is 53.6 Å². The number of benzene rings is 3. The first-order valence-electron chi connectivity index (χ1n) is 10.4. The van der Waals surface area contributed by atoms with E-state index < -0.39 is 11.9 Å². The standard InChI is InChI=1S/C26H20O8/c1-31-19-6-3-13(9-17(19)27)10-22-25(30)15-5-8-21-24(26(15)34-22)16(12-23(29)33-21)14-4-7-20(32-2)18(28)11-14/h3-11,16,27-28H,12H2,1-2H3/b22-10-. The Bertz CT molecular complexity index is 1370. The fourth-order valence-electron chi connectivity index (χ4n) is 4.26. The van der Waals surface area contributed by atoms with Crippen molar-refractivity contribution in [2.45, 2.75) is 12.3 Å². The normalized spacial score (nSPS) is 17.6. The number of Topliss-reactive ketones (excluding diaryl/α,β-unsaturated/α-hetero) is 1. The third-order valence-corrected chi connectivity index (χ3v) is 5.89. The predicted octanol–water partition coefficient (Wildman–Crippen LogP) is 4.17. The first-order chi connectivity index (χ1) is 16.4. The second kappa shape index (κ2) is 8.15. The summed E-state index contributed by atoms with van der Waals surface area (Å²) >= 11 is 0. The van der Waals surface area contributed by atoms with Crippen molar-refractivity contribution in [3.63, 3.8) is 0 Å². The van der Waals surface area contributed by atoms with Crippen LogP contribution in [0.25, 0.3) is 6.08 Å². The van der Waals surface area contributed by atoms with Crippen LogP contribution in [0, 0.1) is 0 Å². The summed E-state index contributed by atoms with van der Waals surface area (Å²) in [6.07, 6.45) is 1.54. The summed E-state index contributed by atoms with van der Waals surface area (Å²) in [4.78, 5) is 25.4. The number of rotatable bonds is 4. The molecule has 34 heavy (non-hydrogen) atoms. The number of hydrogen-bond acceptors (Lipinski definition) is 8. The van der Waals surface area contributed by atoms with Gasteiger partial charge in [0.1, 0.15) is 11.5 Å². The van der Waals surface area contributed by atoms with E-state index >= 15 is 0 Å². The fraction of sp³-hybridized carbons (Fsp3) is 0.154. The average molecular weight is 460 g/mol. The first kappa shape index (κ1) is 21.4. The number of hydrogen-bond donors (Lipinski definition) is 2. The van der Waals surface area contributed by atoms with E-state index in [1.807, 2.05) is 0 Å². The summed E-state index contributed by atoms with van der Waals surface area (Å²) in [6.45, 7) is 0. The van der Waals surface area contributed by atoms with E-state index in [4.69, 9.17) is 18.9 Å². The van der Waals surface area contributed by atoms with Crippen molar-refractivity contribution in [1.82, 2.24) is 0 Å². The van der Waals surface area contributed by atoms with Gasteiger partial charge in [-0.2, -0.15) is 0 Å². The van der Waals surface area contributed by atoms with Crippen molar-refractivity contribution in [3.8, 4) is 34.5 Å². The molecule has 0 aliphatic carbocycles. The van der Waals surface area contributed by atoms with Crippen LogP contribution in [0.15, 0.2) is 54.3 Å². The smallest absolute Gasteiger partial charge is 0.312 e. The molecule has 2 aliphatic heterocycles. The average Bonchev–Trinajstić information content (AvgIpc) is 3.13. The van der Waals surface area contributed by atoms with Gasteiger partial charge in [0.15, 0.2) is 28.8 Å². The van der Waals surface area contributed by atoms with Crippen LogP contribution in [-0.2, 0) is 4.79 Å². The van der Waals surface area contributed by atoms with Crippen LogP contribution in [-0.4, -0.2) is 36.2 Å². The SMILES string of the molecule is COc1ccc(/C=C2\Oc3c(ccc4c3C(c3ccc(OC)c(O)c3)CC(=O)O4)C2=O)cc1O. The lowest BCUT2D eigenvalue weighted by Gasteiger charge is -2.26. The molecule has 8 heteroatoms. The van der Waals surface area contributed by atoms with Crippen LogP contribution < -0.4 is 18.9 Å². The van der Waals surface area contributed by atoms with Gasteiger partial charge < -0.3 is 29.2 Å². The maximum atomic E-state index is 13.1. The number of fused-ring (bicyclic) bond motifs is 3. The Morgan fingerprint density at radius 1 is 0.912 bits per heavy atom. The zero-order valence-corrected chi connectivity index (χ0v) is 18.3. The molecule has 3 aromatic rings. The lowest BCUT2D eigenvalue weighted by atomic mass is 9.84. The maximum Gasteiger partial charge on any atom is 0.312 e. The van der Waals surface area contributed by atoms with E-state index in [-0.39, 0.29) is 29.5 Å². The second-order valence-electron chi connectivity index (χ2n) is 7.89. The number of phenols is 2. The number of esters is 1. The van der Waals surface area contributed by atoms with E-state index in [9.17, 15) is 19.8 Å². The number of methoxy groups -OCH3 is 2. The molecular weight excluding hydrogens is 440 g/mol. The van der Waals surface area contributed by atoms with Gasteiger partial charge in [-0.3, -0.25) is 9.59 Å². The number of ether oxygens (including phenoxy) is 4. The summed E-state index contributed by atoms with van der Waals surface area (Å²) in [7, 11) is 2.90. The van der Waals surface area contributed by atoms with E-state index in [1.54, 1.807) is 36.4 Å². The van der Waals surface area contributed by atoms with Crippen molar-refractivity contribution >= 4 is 17.8 Å². The van der Waals surface area contributed by atoms with Crippen molar-refractivity contribution in [2.75, 3.05) is 14.2 Å². The number of aromatic hydroxyl groups is 2. The Kier molecular flexibility index (Phi) is 5.13. The van der Waals surface area contributed by atoms with Crippen LogP contribution >= 0.6 is 0 Å². The van der Waals surface area contributed by atoms with Gasteiger partial charge in [-0.1, -0.05) is 12.1 Å².